The number of para-hydroxylation sites is 1. The zero-order chi connectivity index (χ0) is 18.0. The van der Waals surface area contributed by atoms with Crippen LogP contribution in [0.3, 0.4) is 0 Å². The van der Waals surface area contributed by atoms with Crippen LogP contribution < -0.4 is 16.0 Å². The molecule has 1 aliphatic heterocycles. The van der Waals surface area contributed by atoms with Crippen molar-refractivity contribution < 1.29 is 9.59 Å². The molecular formula is C20H24ClN3O2. The van der Waals surface area contributed by atoms with Crippen LogP contribution in [0.2, 0.25) is 0 Å². The van der Waals surface area contributed by atoms with Gasteiger partial charge in [0, 0.05) is 29.4 Å². The average molecular weight is 374 g/mol. The van der Waals surface area contributed by atoms with Gasteiger partial charge in [-0.2, -0.15) is 0 Å². The number of hydrogen-bond donors (Lipinski definition) is 2. The second-order valence-corrected chi connectivity index (χ2v) is 6.40. The maximum atomic E-state index is 12.4. The van der Waals surface area contributed by atoms with E-state index in [0.717, 1.165) is 23.4 Å². The van der Waals surface area contributed by atoms with E-state index in [1.165, 1.54) is 0 Å². The molecule has 0 fully saturated rings. The van der Waals surface area contributed by atoms with Gasteiger partial charge in [0.05, 0.1) is 6.04 Å². The second-order valence-electron chi connectivity index (χ2n) is 6.40. The van der Waals surface area contributed by atoms with Crippen molar-refractivity contribution >= 4 is 35.6 Å². The molecular weight excluding hydrogens is 350 g/mol. The van der Waals surface area contributed by atoms with Crippen molar-refractivity contribution in [3.05, 3.63) is 59.7 Å². The van der Waals surface area contributed by atoms with E-state index in [0.29, 0.717) is 12.0 Å². The number of benzene rings is 2. The number of halogens is 1. The van der Waals surface area contributed by atoms with Gasteiger partial charge in [0.25, 0.3) is 0 Å². The Bertz CT molecular complexity index is 792. The zero-order valence-corrected chi connectivity index (χ0v) is 15.8. The van der Waals surface area contributed by atoms with Crippen LogP contribution >= 0.6 is 12.4 Å². The standard InChI is InChI=1S/C20H23N3O2.ClH/c1-3-19(24)23-13(2)12-17(16-6-4-5-7-18(16)23)22-15-10-8-14(9-11-15)20(21)25;/h4-11,13,17,22H,3,12H2,1-2H3,(H2,21,25);1H/t13-,17+;/m0./s1. The fourth-order valence-electron chi connectivity index (χ4n) is 3.43. The molecule has 2 amide bonds. The normalized spacial score (nSPS) is 18.5. The summed E-state index contributed by atoms with van der Waals surface area (Å²) >= 11 is 0. The van der Waals surface area contributed by atoms with Gasteiger partial charge in [-0.3, -0.25) is 9.59 Å². The Morgan fingerprint density at radius 3 is 2.42 bits per heavy atom. The van der Waals surface area contributed by atoms with Gasteiger partial charge in [-0.15, -0.1) is 12.4 Å². The molecule has 0 saturated carbocycles. The number of nitrogens with one attached hydrogen (secondary N) is 1. The number of rotatable bonds is 4. The van der Waals surface area contributed by atoms with Crippen LogP contribution in [0.5, 0.6) is 0 Å². The third-order valence-electron chi connectivity index (χ3n) is 4.67. The lowest BCUT2D eigenvalue weighted by Gasteiger charge is -2.40. The van der Waals surface area contributed by atoms with E-state index in [1.807, 2.05) is 42.2 Å². The summed E-state index contributed by atoms with van der Waals surface area (Å²) in [5, 5.41) is 3.52. The summed E-state index contributed by atoms with van der Waals surface area (Å²) < 4.78 is 0. The minimum absolute atomic E-state index is 0. The van der Waals surface area contributed by atoms with Gasteiger partial charge < -0.3 is 16.0 Å². The lowest BCUT2D eigenvalue weighted by Crippen LogP contribution is -2.44. The van der Waals surface area contributed by atoms with E-state index in [2.05, 4.69) is 18.3 Å². The van der Waals surface area contributed by atoms with Crippen molar-refractivity contribution in [3.8, 4) is 0 Å². The maximum absolute atomic E-state index is 12.4. The number of fused-ring (bicyclic) bond motifs is 1. The monoisotopic (exact) mass is 373 g/mol. The fourth-order valence-corrected chi connectivity index (χ4v) is 3.43. The van der Waals surface area contributed by atoms with E-state index in [1.54, 1.807) is 12.1 Å². The SMILES string of the molecule is CCC(=O)N1c2ccccc2[C@H](Nc2ccc(C(N)=O)cc2)C[C@@H]1C.Cl. The first kappa shape index (κ1) is 19.8. The van der Waals surface area contributed by atoms with Gasteiger partial charge >= 0.3 is 0 Å². The number of nitrogens with zero attached hydrogens (tertiary/aromatic N) is 1. The highest BCUT2D eigenvalue weighted by Gasteiger charge is 2.32. The summed E-state index contributed by atoms with van der Waals surface area (Å²) in [4.78, 5) is 25.5. The predicted octanol–water partition coefficient (Wildman–Crippen LogP) is 3.90. The Morgan fingerprint density at radius 1 is 1.15 bits per heavy atom. The topological polar surface area (TPSA) is 75.4 Å². The Hall–Kier alpha value is -2.53. The molecule has 3 rings (SSSR count). The third-order valence-corrected chi connectivity index (χ3v) is 4.67. The lowest BCUT2D eigenvalue weighted by atomic mass is 9.91. The molecule has 2 atom stereocenters. The van der Waals surface area contributed by atoms with Crippen molar-refractivity contribution in [2.75, 3.05) is 10.2 Å². The van der Waals surface area contributed by atoms with E-state index in [4.69, 9.17) is 5.73 Å². The first-order chi connectivity index (χ1) is 12.0. The highest BCUT2D eigenvalue weighted by atomic mass is 35.5. The molecule has 5 nitrogen and oxygen atoms in total. The summed E-state index contributed by atoms with van der Waals surface area (Å²) in [7, 11) is 0. The summed E-state index contributed by atoms with van der Waals surface area (Å²) in [5.74, 6) is -0.291. The number of anilines is 2. The van der Waals surface area contributed by atoms with Crippen molar-refractivity contribution in [2.45, 2.75) is 38.8 Å². The van der Waals surface area contributed by atoms with Gasteiger partial charge in [0.15, 0.2) is 0 Å². The predicted molar refractivity (Wildman–Crippen MR) is 107 cm³/mol. The molecule has 0 aromatic heterocycles. The molecule has 2 aromatic rings. The molecule has 2 aromatic carbocycles. The average Bonchev–Trinajstić information content (AvgIpc) is 2.62. The van der Waals surface area contributed by atoms with E-state index < -0.39 is 5.91 Å². The second kappa shape index (κ2) is 8.23. The van der Waals surface area contributed by atoms with Crippen LogP contribution in [0.15, 0.2) is 48.5 Å². The number of hydrogen-bond acceptors (Lipinski definition) is 3. The van der Waals surface area contributed by atoms with Crippen molar-refractivity contribution in [1.29, 1.82) is 0 Å². The van der Waals surface area contributed by atoms with Gasteiger partial charge in [0.2, 0.25) is 11.8 Å². The quantitative estimate of drug-likeness (QED) is 0.853. The van der Waals surface area contributed by atoms with Gasteiger partial charge in [0.1, 0.15) is 0 Å². The minimum Gasteiger partial charge on any atom is -0.378 e. The van der Waals surface area contributed by atoms with Crippen LogP contribution in [-0.2, 0) is 4.79 Å². The summed E-state index contributed by atoms with van der Waals surface area (Å²) in [5.41, 5.74) is 8.79. The molecule has 138 valence electrons. The number of carbonyl (C=O) groups excluding carboxylic acids is 2. The molecule has 6 heteroatoms. The molecule has 0 bridgehead atoms. The fraction of sp³-hybridized carbons (Fsp3) is 0.300. The summed E-state index contributed by atoms with van der Waals surface area (Å²) in [6.45, 7) is 3.97. The van der Waals surface area contributed by atoms with Crippen LogP contribution in [0, 0.1) is 0 Å². The van der Waals surface area contributed by atoms with E-state index in [-0.39, 0.29) is 30.4 Å². The highest BCUT2D eigenvalue weighted by Crippen LogP contribution is 2.39. The van der Waals surface area contributed by atoms with Crippen LogP contribution in [-0.4, -0.2) is 17.9 Å². The molecule has 0 aliphatic carbocycles. The molecule has 0 unspecified atom stereocenters. The highest BCUT2D eigenvalue weighted by molar-refractivity contribution is 5.95. The zero-order valence-electron chi connectivity index (χ0n) is 14.9. The Kier molecular flexibility index (Phi) is 6.27. The number of nitrogens with two attached hydrogens (primary N) is 1. The van der Waals surface area contributed by atoms with E-state index in [9.17, 15) is 9.59 Å². The molecule has 3 N–H and O–H groups in total. The van der Waals surface area contributed by atoms with Gasteiger partial charge in [-0.05, 0) is 49.2 Å². The molecule has 0 radical (unpaired) electrons. The van der Waals surface area contributed by atoms with Crippen molar-refractivity contribution in [2.24, 2.45) is 5.73 Å². The minimum atomic E-state index is -0.433. The molecule has 1 aliphatic rings. The Morgan fingerprint density at radius 2 is 1.81 bits per heavy atom. The smallest absolute Gasteiger partial charge is 0.248 e. The Balaban J connectivity index is 0.00000243. The molecule has 1 heterocycles. The molecule has 26 heavy (non-hydrogen) atoms. The lowest BCUT2D eigenvalue weighted by molar-refractivity contribution is -0.118. The van der Waals surface area contributed by atoms with Crippen LogP contribution in [0.25, 0.3) is 0 Å². The maximum Gasteiger partial charge on any atom is 0.248 e. The van der Waals surface area contributed by atoms with Gasteiger partial charge in [-0.25, -0.2) is 0 Å². The Labute approximate surface area is 160 Å². The number of carbonyl (C=O) groups is 2. The molecule has 0 spiro atoms. The van der Waals surface area contributed by atoms with Crippen LogP contribution in [0.4, 0.5) is 11.4 Å². The number of primary amides is 1. The first-order valence-electron chi connectivity index (χ1n) is 8.58. The summed E-state index contributed by atoms with van der Waals surface area (Å²) in [6, 6.07) is 15.4. The largest absolute Gasteiger partial charge is 0.378 e. The number of amides is 2. The first-order valence-corrected chi connectivity index (χ1v) is 8.58. The van der Waals surface area contributed by atoms with Crippen LogP contribution in [0.1, 0.15) is 48.7 Å². The van der Waals surface area contributed by atoms with Gasteiger partial charge in [-0.1, -0.05) is 25.1 Å². The summed E-state index contributed by atoms with van der Waals surface area (Å²) in [6.07, 6.45) is 1.31. The van der Waals surface area contributed by atoms with Crippen molar-refractivity contribution in [1.82, 2.24) is 0 Å². The third kappa shape index (κ3) is 3.83. The van der Waals surface area contributed by atoms with Crippen molar-refractivity contribution in [3.63, 3.8) is 0 Å². The molecule has 0 saturated heterocycles. The van der Waals surface area contributed by atoms with E-state index >= 15 is 0 Å².